The summed E-state index contributed by atoms with van der Waals surface area (Å²) in [5, 5.41) is 8.82. The van der Waals surface area contributed by atoms with Crippen LogP contribution in [0.1, 0.15) is 25.8 Å². The summed E-state index contributed by atoms with van der Waals surface area (Å²) >= 11 is 0. The molecule has 0 saturated carbocycles. The second-order valence-corrected chi connectivity index (χ2v) is 4.87. The predicted molar refractivity (Wildman–Crippen MR) is 67.0 cm³/mol. The Labute approximate surface area is 106 Å². The van der Waals surface area contributed by atoms with Crippen molar-refractivity contribution in [3.05, 3.63) is 30.1 Å². The molecule has 0 spiro atoms. The molecule has 1 aromatic rings. The van der Waals surface area contributed by atoms with Crippen molar-refractivity contribution in [3.63, 3.8) is 0 Å². The van der Waals surface area contributed by atoms with E-state index in [1.807, 2.05) is 0 Å². The first-order chi connectivity index (χ1) is 8.33. The predicted octanol–water partition coefficient (Wildman–Crippen LogP) is 1.34. The molecule has 1 rings (SSSR count). The minimum Gasteiger partial charge on any atom is -0.481 e. The molecular weight excluding hydrogens is 232 g/mol. The molecule has 0 bridgehead atoms. The second kappa shape index (κ2) is 5.62. The van der Waals surface area contributed by atoms with E-state index in [2.05, 4.69) is 4.98 Å². The standard InChI is InChI=1S/C13H18N2O3/c1-13(2,9-12(17)18)15(3)11(16)8-10-4-6-14-7-5-10/h4-7H,8-9H2,1-3H3,(H,17,18). The lowest BCUT2D eigenvalue weighted by Gasteiger charge is -2.34. The Morgan fingerprint density at radius 2 is 1.89 bits per heavy atom. The van der Waals surface area contributed by atoms with E-state index in [1.165, 1.54) is 4.90 Å². The van der Waals surface area contributed by atoms with Crippen LogP contribution in [0.2, 0.25) is 0 Å². The Morgan fingerprint density at radius 1 is 1.33 bits per heavy atom. The van der Waals surface area contributed by atoms with Crippen molar-refractivity contribution in [2.75, 3.05) is 7.05 Å². The molecule has 0 unspecified atom stereocenters. The van der Waals surface area contributed by atoms with Gasteiger partial charge in [-0.05, 0) is 31.5 Å². The van der Waals surface area contributed by atoms with Crippen molar-refractivity contribution in [3.8, 4) is 0 Å². The molecule has 0 fully saturated rings. The maximum atomic E-state index is 12.1. The highest BCUT2D eigenvalue weighted by Crippen LogP contribution is 2.18. The van der Waals surface area contributed by atoms with E-state index < -0.39 is 11.5 Å². The number of carboxylic acid groups (broad SMARTS) is 1. The van der Waals surface area contributed by atoms with Crippen LogP contribution in [0.5, 0.6) is 0 Å². The third-order valence-corrected chi connectivity index (χ3v) is 2.97. The van der Waals surface area contributed by atoms with Crippen LogP contribution >= 0.6 is 0 Å². The molecule has 0 aliphatic carbocycles. The Kier molecular flexibility index (Phi) is 4.42. The molecule has 98 valence electrons. The SMILES string of the molecule is CN(C(=O)Cc1ccncc1)C(C)(C)CC(=O)O. The Morgan fingerprint density at radius 3 is 2.39 bits per heavy atom. The maximum absolute atomic E-state index is 12.1. The zero-order chi connectivity index (χ0) is 13.8. The summed E-state index contributed by atoms with van der Waals surface area (Å²) < 4.78 is 0. The number of carbonyl (C=O) groups excluding carboxylic acids is 1. The molecule has 0 atom stereocenters. The number of hydrogen-bond acceptors (Lipinski definition) is 3. The average Bonchev–Trinajstić information content (AvgIpc) is 2.27. The molecule has 1 heterocycles. The van der Waals surface area contributed by atoms with Crippen LogP contribution < -0.4 is 0 Å². The lowest BCUT2D eigenvalue weighted by Crippen LogP contribution is -2.47. The molecule has 5 heteroatoms. The van der Waals surface area contributed by atoms with E-state index in [0.29, 0.717) is 0 Å². The summed E-state index contributed by atoms with van der Waals surface area (Å²) in [7, 11) is 1.63. The summed E-state index contributed by atoms with van der Waals surface area (Å²) in [5.41, 5.74) is 0.170. The highest BCUT2D eigenvalue weighted by molar-refractivity contribution is 5.80. The van der Waals surface area contributed by atoms with Gasteiger partial charge >= 0.3 is 5.97 Å². The van der Waals surface area contributed by atoms with Crippen molar-refractivity contribution in [2.24, 2.45) is 0 Å². The van der Waals surface area contributed by atoms with Gasteiger partial charge in [0.25, 0.3) is 0 Å². The molecule has 0 radical (unpaired) electrons. The summed E-state index contributed by atoms with van der Waals surface area (Å²) in [6.45, 7) is 3.48. The third kappa shape index (κ3) is 3.84. The smallest absolute Gasteiger partial charge is 0.305 e. The molecular formula is C13H18N2O3. The molecule has 0 aliphatic heterocycles. The number of hydrogen-bond donors (Lipinski definition) is 1. The number of rotatable bonds is 5. The molecule has 5 nitrogen and oxygen atoms in total. The quantitative estimate of drug-likeness (QED) is 0.856. The van der Waals surface area contributed by atoms with E-state index in [9.17, 15) is 9.59 Å². The van der Waals surface area contributed by atoms with Gasteiger partial charge in [-0.2, -0.15) is 0 Å². The number of carbonyl (C=O) groups is 2. The van der Waals surface area contributed by atoms with E-state index in [0.717, 1.165) is 5.56 Å². The minimum absolute atomic E-state index is 0.0778. The minimum atomic E-state index is -0.913. The van der Waals surface area contributed by atoms with Crippen molar-refractivity contribution in [1.29, 1.82) is 0 Å². The molecule has 1 N–H and O–H groups in total. The maximum Gasteiger partial charge on any atom is 0.305 e. The molecule has 0 aliphatic rings. The van der Waals surface area contributed by atoms with Gasteiger partial charge in [0, 0.05) is 25.0 Å². The second-order valence-electron chi connectivity index (χ2n) is 4.87. The monoisotopic (exact) mass is 250 g/mol. The normalized spacial score (nSPS) is 11.1. The number of likely N-dealkylation sites (N-methyl/N-ethyl adjacent to an activating group) is 1. The summed E-state index contributed by atoms with van der Waals surface area (Å²) in [4.78, 5) is 28.2. The lowest BCUT2D eigenvalue weighted by molar-refractivity contribution is -0.142. The Balaban J connectivity index is 2.69. The van der Waals surface area contributed by atoms with Crippen molar-refractivity contribution in [1.82, 2.24) is 9.88 Å². The number of aromatic nitrogens is 1. The van der Waals surface area contributed by atoms with Crippen LogP contribution in [0.25, 0.3) is 0 Å². The van der Waals surface area contributed by atoms with Crippen LogP contribution in [0.3, 0.4) is 0 Å². The number of nitrogens with zero attached hydrogens (tertiary/aromatic N) is 2. The molecule has 0 aromatic carbocycles. The average molecular weight is 250 g/mol. The fourth-order valence-electron chi connectivity index (χ4n) is 1.62. The Hall–Kier alpha value is -1.91. The third-order valence-electron chi connectivity index (χ3n) is 2.97. The van der Waals surface area contributed by atoms with Crippen LogP contribution in [0.15, 0.2) is 24.5 Å². The number of aliphatic carboxylic acids is 1. The fourth-order valence-corrected chi connectivity index (χ4v) is 1.62. The van der Waals surface area contributed by atoms with Crippen LogP contribution in [0, 0.1) is 0 Å². The summed E-state index contributed by atoms with van der Waals surface area (Å²) in [6.07, 6.45) is 3.43. The van der Waals surface area contributed by atoms with Gasteiger partial charge in [-0.3, -0.25) is 14.6 Å². The van der Waals surface area contributed by atoms with Gasteiger partial charge in [-0.1, -0.05) is 0 Å². The lowest BCUT2D eigenvalue weighted by atomic mass is 9.98. The van der Waals surface area contributed by atoms with Crippen LogP contribution in [0.4, 0.5) is 0 Å². The number of amides is 1. The molecule has 1 aromatic heterocycles. The first-order valence-corrected chi connectivity index (χ1v) is 5.70. The first-order valence-electron chi connectivity index (χ1n) is 5.70. The highest BCUT2D eigenvalue weighted by atomic mass is 16.4. The largest absolute Gasteiger partial charge is 0.481 e. The van der Waals surface area contributed by atoms with Crippen molar-refractivity contribution < 1.29 is 14.7 Å². The van der Waals surface area contributed by atoms with Gasteiger partial charge < -0.3 is 10.0 Å². The van der Waals surface area contributed by atoms with Gasteiger partial charge in [0.1, 0.15) is 0 Å². The topological polar surface area (TPSA) is 70.5 Å². The molecule has 0 saturated heterocycles. The van der Waals surface area contributed by atoms with Gasteiger partial charge in [0.05, 0.1) is 12.8 Å². The van der Waals surface area contributed by atoms with Gasteiger partial charge in [-0.25, -0.2) is 0 Å². The zero-order valence-corrected chi connectivity index (χ0v) is 10.9. The number of pyridine rings is 1. The van der Waals surface area contributed by atoms with E-state index in [1.54, 1.807) is 45.4 Å². The number of carboxylic acids is 1. The molecule has 1 amide bonds. The summed E-state index contributed by atoms with van der Waals surface area (Å²) in [6, 6.07) is 3.55. The van der Waals surface area contributed by atoms with Crippen LogP contribution in [-0.2, 0) is 16.0 Å². The van der Waals surface area contributed by atoms with Gasteiger partial charge in [0.2, 0.25) is 5.91 Å². The van der Waals surface area contributed by atoms with Crippen LogP contribution in [-0.4, -0.2) is 39.5 Å². The first kappa shape index (κ1) is 14.2. The zero-order valence-electron chi connectivity index (χ0n) is 10.9. The molecule has 18 heavy (non-hydrogen) atoms. The van der Waals surface area contributed by atoms with Gasteiger partial charge in [0.15, 0.2) is 0 Å². The summed E-state index contributed by atoms with van der Waals surface area (Å²) in [5.74, 6) is -1.02. The van der Waals surface area contributed by atoms with Crippen molar-refractivity contribution >= 4 is 11.9 Å². The Bertz CT molecular complexity index is 429. The highest BCUT2D eigenvalue weighted by Gasteiger charge is 2.29. The van der Waals surface area contributed by atoms with E-state index in [4.69, 9.17) is 5.11 Å². The van der Waals surface area contributed by atoms with Crippen molar-refractivity contribution in [2.45, 2.75) is 32.2 Å². The van der Waals surface area contributed by atoms with Gasteiger partial charge in [-0.15, -0.1) is 0 Å². The fraction of sp³-hybridized carbons (Fsp3) is 0.462. The van der Waals surface area contributed by atoms with E-state index >= 15 is 0 Å². The van der Waals surface area contributed by atoms with E-state index in [-0.39, 0.29) is 18.7 Å².